The number of methoxy groups -OCH3 is 6. The van der Waals surface area contributed by atoms with Gasteiger partial charge in [0, 0.05) is 49.5 Å². The van der Waals surface area contributed by atoms with Crippen molar-refractivity contribution < 1.29 is 38.0 Å². The van der Waals surface area contributed by atoms with Gasteiger partial charge < -0.3 is 38.2 Å². The van der Waals surface area contributed by atoms with E-state index >= 15 is 0 Å². The topological polar surface area (TPSA) is 96.0 Å². The Labute approximate surface area is 270 Å². The van der Waals surface area contributed by atoms with Crippen LogP contribution in [0.25, 0.3) is 12.2 Å². The van der Waals surface area contributed by atoms with Crippen molar-refractivity contribution in [2.75, 3.05) is 68.8 Å². The van der Waals surface area contributed by atoms with Gasteiger partial charge in [0.05, 0.1) is 42.7 Å². The Morgan fingerprint density at radius 3 is 1.24 bits per heavy atom. The van der Waals surface area contributed by atoms with Gasteiger partial charge in [0.15, 0.2) is 23.0 Å². The van der Waals surface area contributed by atoms with E-state index in [4.69, 9.17) is 28.4 Å². The molecule has 5 rings (SSSR count). The van der Waals surface area contributed by atoms with Gasteiger partial charge >= 0.3 is 0 Å². The number of piperazine rings is 1. The molecule has 1 aliphatic heterocycles. The molecule has 0 aromatic heterocycles. The van der Waals surface area contributed by atoms with Crippen molar-refractivity contribution in [2.24, 2.45) is 0 Å². The van der Waals surface area contributed by atoms with Crippen molar-refractivity contribution in [3.05, 3.63) is 69.8 Å². The average molecular weight is 631 g/mol. The van der Waals surface area contributed by atoms with Crippen molar-refractivity contribution in [3.63, 3.8) is 0 Å². The zero-order valence-corrected chi connectivity index (χ0v) is 27.4. The number of hydrogen-bond donors (Lipinski definition) is 0. The predicted molar refractivity (Wildman–Crippen MR) is 176 cm³/mol. The minimum atomic E-state index is -0.0688. The van der Waals surface area contributed by atoms with E-state index in [-0.39, 0.29) is 11.8 Å². The normalized spacial score (nSPS) is 16.0. The van der Waals surface area contributed by atoms with Gasteiger partial charge in [0.2, 0.25) is 23.3 Å². The Kier molecular flexibility index (Phi) is 10.2. The van der Waals surface area contributed by atoms with Gasteiger partial charge in [0.1, 0.15) is 0 Å². The molecule has 2 aliphatic carbocycles. The van der Waals surface area contributed by atoms with Gasteiger partial charge in [-0.3, -0.25) is 9.59 Å². The van der Waals surface area contributed by atoms with Crippen LogP contribution < -0.4 is 28.4 Å². The number of nitrogens with zero attached hydrogens (tertiary/aromatic N) is 2. The second-order valence-corrected chi connectivity index (χ2v) is 11.2. The van der Waals surface area contributed by atoms with Crippen molar-refractivity contribution in [1.29, 1.82) is 0 Å². The molecule has 10 nitrogen and oxygen atoms in total. The summed E-state index contributed by atoms with van der Waals surface area (Å²) in [7, 11) is 9.61. The van der Waals surface area contributed by atoms with Crippen LogP contribution in [-0.2, 0) is 22.4 Å². The van der Waals surface area contributed by atoms with Gasteiger partial charge in [-0.15, -0.1) is 0 Å². The summed E-state index contributed by atoms with van der Waals surface area (Å²) in [5.74, 6) is 3.46. The molecule has 0 atom stereocenters. The van der Waals surface area contributed by atoms with E-state index in [9.17, 15) is 9.59 Å². The van der Waals surface area contributed by atoms with Crippen molar-refractivity contribution >= 4 is 24.0 Å². The molecular formula is C36H42N2O8. The second kappa shape index (κ2) is 14.5. The highest BCUT2D eigenvalue weighted by Gasteiger charge is 2.25. The fourth-order valence-corrected chi connectivity index (χ4v) is 6.24. The standard InChI is InChI=1S/C36H42N2O8/c1-41-29-21-25-11-7-23(19-27(25)33(43-3)35(29)45-5)9-13-31(39)37-15-17-38(18-16-37)32(40)14-10-24-8-12-26-22-30(42-2)36(46-6)34(44-4)28(26)20-24/h9-10,13-14,19-22H,7-8,11-12,15-18H2,1-6H3. The number of ether oxygens (including phenoxy) is 6. The van der Waals surface area contributed by atoms with Gasteiger partial charge in [-0.2, -0.15) is 0 Å². The van der Waals surface area contributed by atoms with Crippen LogP contribution in [0.3, 0.4) is 0 Å². The fraction of sp³-hybridized carbons (Fsp3) is 0.389. The number of allylic oxidation sites excluding steroid dienone is 4. The summed E-state index contributed by atoms with van der Waals surface area (Å²) < 4.78 is 33.4. The summed E-state index contributed by atoms with van der Waals surface area (Å²) in [6, 6.07) is 3.96. The zero-order valence-electron chi connectivity index (χ0n) is 27.4. The first-order chi connectivity index (χ1) is 22.3. The van der Waals surface area contributed by atoms with E-state index in [1.165, 1.54) is 0 Å². The molecule has 3 aliphatic rings. The highest BCUT2D eigenvalue weighted by atomic mass is 16.5. The lowest BCUT2D eigenvalue weighted by atomic mass is 9.90. The first-order valence-corrected chi connectivity index (χ1v) is 15.3. The van der Waals surface area contributed by atoms with Crippen molar-refractivity contribution in [3.8, 4) is 34.5 Å². The average Bonchev–Trinajstić information content (AvgIpc) is 3.10. The largest absolute Gasteiger partial charge is 0.493 e. The van der Waals surface area contributed by atoms with Crippen molar-refractivity contribution in [1.82, 2.24) is 9.80 Å². The Hall–Kier alpha value is -4.86. The number of carbonyl (C=O) groups excluding carboxylic acids is 2. The predicted octanol–water partition coefficient (Wildman–Crippen LogP) is 4.88. The Morgan fingerprint density at radius 2 is 0.913 bits per heavy atom. The quantitative estimate of drug-likeness (QED) is 0.343. The lowest BCUT2D eigenvalue weighted by Crippen LogP contribution is -2.49. The van der Waals surface area contributed by atoms with Crippen LogP contribution in [0.1, 0.15) is 35.1 Å². The number of hydrogen-bond acceptors (Lipinski definition) is 8. The highest BCUT2D eigenvalue weighted by Crippen LogP contribution is 2.46. The highest BCUT2D eigenvalue weighted by molar-refractivity contribution is 5.90. The van der Waals surface area contributed by atoms with E-state index in [1.807, 2.05) is 36.4 Å². The smallest absolute Gasteiger partial charge is 0.246 e. The van der Waals surface area contributed by atoms with Crippen LogP contribution in [0.2, 0.25) is 0 Å². The monoisotopic (exact) mass is 630 g/mol. The molecular weight excluding hydrogens is 588 g/mol. The number of aryl methyl sites for hydroxylation is 2. The molecule has 0 bridgehead atoms. The van der Waals surface area contributed by atoms with Crippen LogP contribution in [0.5, 0.6) is 34.5 Å². The number of carbonyl (C=O) groups is 2. The molecule has 46 heavy (non-hydrogen) atoms. The molecule has 0 saturated carbocycles. The van der Waals surface area contributed by atoms with E-state index in [0.29, 0.717) is 60.7 Å². The maximum absolute atomic E-state index is 13.0. The van der Waals surface area contributed by atoms with Crippen LogP contribution in [0, 0.1) is 0 Å². The lowest BCUT2D eigenvalue weighted by molar-refractivity contribution is -0.134. The minimum Gasteiger partial charge on any atom is -0.493 e. The number of rotatable bonds is 10. The Bertz CT molecular complexity index is 1490. The summed E-state index contributed by atoms with van der Waals surface area (Å²) in [6.45, 7) is 1.91. The first kappa shape index (κ1) is 32.5. The third kappa shape index (κ3) is 6.56. The number of benzene rings is 2. The van der Waals surface area contributed by atoms with Crippen LogP contribution >= 0.6 is 0 Å². The molecule has 1 saturated heterocycles. The fourth-order valence-electron chi connectivity index (χ4n) is 6.24. The van der Waals surface area contributed by atoms with Crippen LogP contribution in [-0.4, -0.2) is 90.5 Å². The Balaban J connectivity index is 1.19. The van der Waals surface area contributed by atoms with Crippen molar-refractivity contribution in [2.45, 2.75) is 25.7 Å². The molecule has 0 unspecified atom stereocenters. The van der Waals surface area contributed by atoms with E-state index in [1.54, 1.807) is 64.6 Å². The van der Waals surface area contributed by atoms with Gasteiger partial charge in [-0.25, -0.2) is 0 Å². The maximum atomic E-state index is 13.0. The molecule has 2 amide bonds. The first-order valence-electron chi connectivity index (χ1n) is 15.3. The molecule has 0 N–H and O–H groups in total. The number of fused-ring (bicyclic) bond motifs is 2. The molecule has 0 radical (unpaired) electrons. The van der Waals surface area contributed by atoms with Gasteiger partial charge in [-0.05, 0) is 72.2 Å². The minimum absolute atomic E-state index is 0.0688. The van der Waals surface area contributed by atoms with E-state index in [2.05, 4.69) is 0 Å². The third-order valence-corrected chi connectivity index (χ3v) is 8.72. The SMILES string of the molecule is COc1cc2c(c(OC)c1OC)C=C(C=CC(=O)N1CCN(C(=O)C=CC3=Cc4c(cc(OC)c(OC)c4OC)CC3)CC1)CC2. The van der Waals surface area contributed by atoms with Gasteiger partial charge in [-0.1, -0.05) is 12.2 Å². The number of amides is 2. The van der Waals surface area contributed by atoms with E-state index in [0.717, 1.165) is 59.1 Å². The summed E-state index contributed by atoms with van der Waals surface area (Å²) in [4.78, 5) is 29.6. The second-order valence-electron chi connectivity index (χ2n) is 11.2. The summed E-state index contributed by atoms with van der Waals surface area (Å²) in [5, 5.41) is 0. The summed E-state index contributed by atoms with van der Waals surface area (Å²) >= 11 is 0. The summed E-state index contributed by atoms with van der Waals surface area (Å²) in [6.07, 6.45) is 14.2. The van der Waals surface area contributed by atoms with Crippen LogP contribution in [0.4, 0.5) is 0 Å². The molecule has 1 fully saturated rings. The molecule has 10 heteroatoms. The maximum Gasteiger partial charge on any atom is 0.246 e. The molecule has 1 heterocycles. The summed E-state index contributed by atoms with van der Waals surface area (Å²) in [5.41, 5.74) is 6.15. The third-order valence-electron chi connectivity index (χ3n) is 8.72. The Morgan fingerprint density at radius 1 is 0.543 bits per heavy atom. The molecule has 2 aromatic rings. The lowest BCUT2D eigenvalue weighted by Gasteiger charge is -2.33. The molecule has 2 aromatic carbocycles. The zero-order chi connectivity index (χ0) is 32.8. The molecule has 244 valence electrons. The van der Waals surface area contributed by atoms with Gasteiger partial charge in [0.25, 0.3) is 0 Å². The van der Waals surface area contributed by atoms with E-state index < -0.39 is 0 Å². The molecule has 0 spiro atoms. The van der Waals surface area contributed by atoms with Crippen LogP contribution in [0.15, 0.2) is 47.6 Å².